The van der Waals surface area contributed by atoms with Crippen molar-refractivity contribution in [1.82, 2.24) is 0 Å². The van der Waals surface area contributed by atoms with E-state index >= 15 is 0 Å². The maximum atomic E-state index is 10.9. The highest BCUT2D eigenvalue weighted by Crippen LogP contribution is 2.16. The number of hydrogen-bond acceptors (Lipinski definition) is 2. The second kappa shape index (κ2) is 3.33. The van der Waals surface area contributed by atoms with Crippen molar-refractivity contribution in [1.29, 1.82) is 0 Å². The van der Waals surface area contributed by atoms with Crippen LogP contribution in [-0.4, -0.2) is 11.7 Å². The van der Waals surface area contributed by atoms with Crippen LogP contribution in [0, 0.1) is 0 Å². The van der Waals surface area contributed by atoms with Crippen molar-refractivity contribution in [2.24, 2.45) is 0 Å². The minimum atomic E-state index is 0.00694. The topological polar surface area (TPSA) is 34.1 Å². The SMILES string of the molecule is O=C=C1CCCCCC1=O. The predicted octanol–water partition coefficient (Wildman–Crippen LogP) is 1.28. The van der Waals surface area contributed by atoms with Gasteiger partial charge in [-0.1, -0.05) is 6.42 Å². The summed E-state index contributed by atoms with van der Waals surface area (Å²) in [6.07, 6.45) is 4.16. The van der Waals surface area contributed by atoms with E-state index in [1.165, 1.54) is 0 Å². The zero-order valence-electron chi connectivity index (χ0n) is 5.85. The molecule has 0 atom stereocenters. The zero-order chi connectivity index (χ0) is 7.40. The lowest BCUT2D eigenvalue weighted by Crippen LogP contribution is -1.99. The molecule has 2 heteroatoms. The molecule has 0 amide bonds. The van der Waals surface area contributed by atoms with Crippen LogP contribution >= 0.6 is 0 Å². The molecule has 0 saturated heterocycles. The molecule has 0 aromatic heterocycles. The average molecular weight is 138 g/mol. The quantitative estimate of drug-likeness (QED) is 0.287. The summed E-state index contributed by atoms with van der Waals surface area (Å²) in [5.74, 6) is 1.72. The lowest BCUT2D eigenvalue weighted by atomic mass is 10.1. The van der Waals surface area contributed by atoms with Gasteiger partial charge in [-0.25, -0.2) is 4.79 Å². The molecule has 0 aromatic carbocycles. The van der Waals surface area contributed by atoms with E-state index in [1.54, 1.807) is 5.94 Å². The van der Waals surface area contributed by atoms with Crippen molar-refractivity contribution >= 4 is 11.7 Å². The summed E-state index contributed by atoms with van der Waals surface area (Å²) >= 11 is 0. The monoisotopic (exact) mass is 138 g/mol. The first-order valence-electron chi connectivity index (χ1n) is 3.62. The Morgan fingerprint density at radius 2 is 1.80 bits per heavy atom. The summed E-state index contributed by atoms with van der Waals surface area (Å²) in [4.78, 5) is 21.1. The maximum Gasteiger partial charge on any atom is 0.169 e. The Labute approximate surface area is 59.9 Å². The number of carbonyl (C=O) groups excluding carboxylic acids is 2. The number of Topliss-reactive ketones (excluding diaryl/α,β-unsaturated/α-hetero) is 1. The molecular formula is C8H10O2. The number of rotatable bonds is 0. The van der Waals surface area contributed by atoms with Gasteiger partial charge < -0.3 is 0 Å². The lowest BCUT2D eigenvalue weighted by Gasteiger charge is -1.91. The molecule has 54 valence electrons. The first-order valence-corrected chi connectivity index (χ1v) is 3.62. The number of allylic oxidation sites excluding steroid dienone is 1. The van der Waals surface area contributed by atoms with Gasteiger partial charge in [-0.15, -0.1) is 0 Å². The largest absolute Gasteiger partial charge is 0.294 e. The molecular weight excluding hydrogens is 128 g/mol. The summed E-state index contributed by atoms with van der Waals surface area (Å²) in [7, 11) is 0. The fourth-order valence-corrected chi connectivity index (χ4v) is 1.16. The van der Waals surface area contributed by atoms with Gasteiger partial charge in [0.15, 0.2) is 5.78 Å². The highest BCUT2D eigenvalue weighted by Gasteiger charge is 2.13. The Kier molecular flexibility index (Phi) is 2.41. The van der Waals surface area contributed by atoms with Crippen LogP contribution in [0.5, 0.6) is 0 Å². The first kappa shape index (κ1) is 7.23. The van der Waals surface area contributed by atoms with Crippen LogP contribution in [0.3, 0.4) is 0 Å². The van der Waals surface area contributed by atoms with Crippen LogP contribution in [0.1, 0.15) is 32.1 Å². The van der Waals surface area contributed by atoms with Crippen LogP contribution in [0.2, 0.25) is 0 Å². The van der Waals surface area contributed by atoms with Crippen LogP contribution < -0.4 is 0 Å². The van der Waals surface area contributed by atoms with Crippen molar-refractivity contribution in [2.45, 2.75) is 32.1 Å². The Morgan fingerprint density at radius 3 is 2.50 bits per heavy atom. The molecule has 1 saturated carbocycles. The Hall–Kier alpha value is -0.880. The van der Waals surface area contributed by atoms with Crippen molar-refractivity contribution in [2.75, 3.05) is 0 Å². The zero-order valence-corrected chi connectivity index (χ0v) is 5.85. The molecule has 0 unspecified atom stereocenters. The molecule has 0 aromatic rings. The minimum absolute atomic E-state index is 0.00694. The van der Waals surface area contributed by atoms with Crippen LogP contribution in [0.15, 0.2) is 5.57 Å². The van der Waals surface area contributed by atoms with Crippen molar-refractivity contribution in [3.8, 4) is 0 Å². The van der Waals surface area contributed by atoms with Gasteiger partial charge in [0, 0.05) is 6.42 Å². The molecule has 1 aliphatic rings. The second-order valence-electron chi connectivity index (χ2n) is 2.56. The standard InChI is InChI=1S/C8H10O2/c9-6-7-4-2-1-3-5-8(7)10/h1-5H2. The first-order chi connectivity index (χ1) is 4.84. The van der Waals surface area contributed by atoms with Crippen molar-refractivity contribution < 1.29 is 9.59 Å². The van der Waals surface area contributed by atoms with Gasteiger partial charge in [-0.05, 0) is 19.3 Å². The summed E-state index contributed by atoms with van der Waals surface area (Å²) in [5.41, 5.74) is 0.373. The van der Waals surface area contributed by atoms with Crippen LogP contribution in [0.4, 0.5) is 0 Å². The van der Waals surface area contributed by atoms with Crippen molar-refractivity contribution in [3.05, 3.63) is 5.57 Å². The third-order valence-corrected chi connectivity index (χ3v) is 1.79. The lowest BCUT2D eigenvalue weighted by molar-refractivity contribution is -0.115. The molecule has 1 rings (SSSR count). The summed E-state index contributed by atoms with van der Waals surface area (Å²) in [6, 6.07) is 0. The van der Waals surface area contributed by atoms with Gasteiger partial charge in [0.2, 0.25) is 0 Å². The molecule has 0 heterocycles. The van der Waals surface area contributed by atoms with Gasteiger partial charge >= 0.3 is 0 Å². The Morgan fingerprint density at radius 1 is 1.10 bits per heavy atom. The summed E-state index contributed by atoms with van der Waals surface area (Å²) in [6.45, 7) is 0. The van der Waals surface area contributed by atoms with E-state index in [1.807, 2.05) is 0 Å². The fraction of sp³-hybridized carbons (Fsp3) is 0.625. The van der Waals surface area contributed by atoms with E-state index in [9.17, 15) is 9.59 Å². The number of hydrogen-bond donors (Lipinski definition) is 0. The van der Waals surface area contributed by atoms with Gasteiger partial charge in [0.1, 0.15) is 5.94 Å². The third kappa shape index (κ3) is 1.55. The van der Waals surface area contributed by atoms with Gasteiger partial charge in [0.05, 0.1) is 5.57 Å². The van der Waals surface area contributed by atoms with Crippen molar-refractivity contribution in [3.63, 3.8) is 0 Å². The van der Waals surface area contributed by atoms with Crippen LogP contribution in [0.25, 0.3) is 0 Å². The second-order valence-corrected chi connectivity index (χ2v) is 2.56. The Bertz CT molecular complexity index is 187. The smallest absolute Gasteiger partial charge is 0.169 e. The molecule has 0 aliphatic heterocycles. The van der Waals surface area contributed by atoms with E-state index in [4.69, 9.17) is 0 Å². The molecule has 1 aliphatic carbocycles. The van der Waals surface area contributed by atoms with E-state index in [2.05, 4.69) is 0 Å². The maximum absolute atomic E-state index is 10.9. The average Bonchev–Trinajstić information content (AvgIpc) is 2.13. The summed E-state index contributed by atoms with van der Waals surface area (Å²) in [5, 5.41) is 0. The number of carbonyl (C=O) groups is 1. The molecule has 0 radical (unpaired) electrons. The Balaban J connectivity index is 2.70. The minimum Gasteiger partial charge on any atom is -0.294 e. The molecule has 0 bridgehead atoms. The van der Waals surface area contributed by atoms with E-state index < -0.39 is 0 Å². The van der Waals surface area contributed by atoms with Gasteiger partial charge in [-0.2, -0.15) is 0 Å². The van der Waals surface area contributed by atoms with Crippen LogP contribution in [-0.2, 0) is 9.59 Å². The van der Waals surface area contributed by atoms with E-state index in [0.717, 1.165) is 19.3 Å². The van der Waals surface area contributed by atoms with Gasteiger partial charge in [0.25, 0.3) is 0 Å². The molecule has 0 spiro atoms. The molecule has 0 N–H and O–H groups in total. The predicted molar refractivity (Wildman–Crippen MR) is 37.3 cm³/mol. The molecule has 10 heavy (non-hydrogen) atoms. The summed E-state index contributed by atoms with van der Waals surface area (Å²) < 4.78 is 0. The fourth-order valence-electron chi connectivity index (χ4n) is 1.16. The number of ketones is 1. The highest BCUT2D eigenvalue weighted by atomic mass is 16.1. The molecule has 2 nitrogen and oxygen atoms in total. The van der Waals surface area contributed by atoms with E-state index in [-0.39, 0.29) is 5.78 Å². The molecule has 1 fully saturated rings. The highest BCUT2D eigenvalue weighted by molar-refractivity contribution is 6.02. The third-order valence-electron chi connectivity index (χ3n) is 1.79. The van der Waals surface area contributed by atoms with E-state index in [0.29, 0.717) is 18.4 Å². The van der Waals surface area contributed by atoms with Gasteiger partial charge in [-0.3, -0.25) is 4.79 Å². The normalized spacial score (nSPS) is 20.0.